The smallest absolute Gasteiger partial charge is 0.328 e. The molecule has 1 aromatic rings. The molecule has 1 amide bonds. The molecule has 0 heterocycles. The van der Waals surface area contributed by atoms with Crippen molar-refractivity contribution in [1.29, 1.82) is 0 Å². The van der Waals surface area contributed by atoms with Gasteiger partial charge >= 0.3 is 11.9 Å². The maximum Gasteiger partial charge on any atom is 0.328 e. The van der Waals surface area contributed by atoms with E-state index in [9.17, 15) is 14.4 Å². The average Bonchev–Trinajstić information content (AvgIpc) is 2.55. The zero-order valence-electron chi connectivity index (χ0n) is 14.0. The molecule has 0 bridgehead atoms. The number of carbonyl (C=O) groups is 3. The molecule has 7 nitrogen and oxygen atoms in total. The molecule has 0 radical (unpaired) electrons. The number of amides is 1. The van der Waals surface area contributed by atoms with Crippen LogP contribution in [0.5, 0.6) is 0 Å². The van der Waals surface area contributed by atoms with Gasteiger partial charge in [-0.2, -0.15) is 0 Å². The van der Waals surface area contributed by atoms with Crippen LogP contribution in [0.2, 0.25) is 0 Å². The van der Waals surface area contributed by atoms with Gasteiger partial charge in [-0.05, 0) is 19.4 Å². The van der Waals surface area contributed by atoms with Gasteiger partial charge < -0.3 is 20.5 Å². The molecule has 24 heavy (non-hydrogen) atoms. The van der Waals surface area contributed by atoms with E-state index in [1.54, 1.807) is 13.8 Å². The Labute approximate surface area is 141 Å². The Morgan fingerprint density at radius 2 is 1.62 bits per heavy atom. The number of nitrogens with one attached hydrogen (secondary N) is 1. The van der Waals surface area contributed by atoms with Crippen LogP contribution in [-0.2, 0) is 30.3 Å². The summed E-state index contributed by atoms with van der Waals surface area (Å²) in [7, 11) is 0. The van der Waals surface area contributed by atoms with Crippen molar-refractivity contribution in [2.75, 3.05) is 13.2 Å². The third-order valence-electron chi connectivity index (χ3n) is 3.18. The zero-order valence-corrected chi connectivity index (χ0v) is 14.0. The SMILES string of the molecule is CCOC(=O)C(N)CC(=O)NC(Cc1ccccc1)C(=O)OCC. The monoisotopic (exact) mass is 336 g/mol. The first kappa shape index (κ1) is 19.6. The molecule has 0 spiro atoms. The highest BCUT2D eigenvalue weighted by atomic mass is 16.5. The van der Waals surface area contributed by atoms with Gasteiger partial charge in [-0.15, -0.1) is 0 Å². The van der Waals surface area contributed by atoms with Crippen molar-refractivity contribution in [2.24, 2.45) is 5.73 Å². The Balaban J connectivity index is 2.68. The quantitative estimate of drug-likeness (QED) is 0.638. The molecule has 2 atom stereocenters. The number of rotatable bonds is 9. The van der Waals surface area contributed by atoms with Crippen LogP contribution >= 0.6 is 0 Å². The molecule has 0 aliphatic carbocycles. The maximum atomic E-state index is 12.1. The van der Waals surface area contributed by atoms with E-state index in [0.29, 0.717) is 6.42 Å². The van der Waals surface area contributed by atoms with Crippen LogP contribution in [-0.4, -0.2) is 43.1 Å². The first-order chi connectivity index (χ1) is 11.5. The summed E-state index contributed by atoms with van der Waals surface area (Å²) in [6.45, 7) is 3.74. The topological polar surface area (TPSA) is 108 Å². The van der Waals surface area contributed by atoms with Crippen molar-refractivity contribution in [1.82, 2.24) is 5.32 Å². The molecular formula is C17H24N2O5. The predicted molar refractivity (Wildman–Crippen MR) is 87.9 cm³/mol. The molecule has 1 aromatic carbocycles. The summed E-state index contributed by atoms with van der Waals surface area (Å²) in [6.07, 6.45) is 0.0313. The van der Waals surface area contributed by atoms with Crippen molar-refractivity contribution in [3.8, 4) is 0 Å². The van der Waals surface area contributed by atoms with Gasteiger partial charge in [0.05, 0.1) is 19.6 Å². The van der Waals surface area contributed by atoms with Crippen molar-refractivity contribution in [3.63, 3.8) is 0 Å². The average molecular weight is 336 g/mol. The highest BCUT2D eigenvalue weighted by molar-refractivity contribution is 5.88. The summed E-state index contributed by atoms with van der Waals surface area (Å²) in [4.78, 5) is 35.6. The van der Waals surface area contributed by atoms with E-state index in [2.05, 4.69) is 5.32 Å². The summed E-state index contributed by atoms with van der Waals surface area (Å²) >= 11 is 0. The Kier molecular flexibility index (Phi) is 8.49. The molecule has 0 aliphatic heterocycles. The molecular weight excluding hydrogens is 312 g/mol. The molecule has 1 rings (SSSR count). The molecule has 0 aliphatic rings. The van der Waals surface area contributed by atoms with Gasteiger partial charge in [0.1, 0.15) is 12.1 Å². The Hall–Kier alpha value is -2.41. The normalized spacial score (nSPS) is 12.8. The molecule has 0 saturated carbocycles. The minimum absolute atomic E-state index is 0.188. The lowest BCUT2D eigenvalue weighted by Gasteiger charge is -2.18. The van der Waals surface area contributed by atoms with E-state index in [1.807, 2.05) is 30.3 Å². The van der Waals surface area contributed by atoms with Gasteiger partial charge in [0.2, 0.25) is 5.91 Å². The van der Waals surface area contributed by atoms with Crippen LogP contribution in [0.1, 0.15) is 25.8 Å². The van der Waals surface area contributed by atoms with Crippen LogP contribution in [0.25, 0.3) is 0 Å². The van der Waals surface area contributed by atoms with E-state index in [4.69, 9.17) is 15.2 Å². The molecule has 3 N–H and O–H groups in total. The summed E-state index contributed by atoms with van der Waals surface area (Å²) < 4.78 is 9.75. The highest BCUT2D eigenvalue weighted by Gasteiger charge is 2.25. The second-order valence-corrected chi connectivity index (χ2v) is 5.12. The Bertz CT molecular complexity index is 547. The van der Waals surface area contributed by atoms with Crippen LogP contribution in [0.4, 0.5) is 0 Å². The fourth-order valence-corrected chi connectivity index (χ4v) is 2.07. The first-order valence-electron chi connectivity index (χ1n) is 7.90. The van der Waals surface area contributed by atoms with Gasteiger partial charge in [0.15, 0.2) is 0 Å². The molecule has 0 fully saturated rings. The summed E-state index contributed by atoms with van der Waals surface area (Å²) in [6, 6.07) is 7.34. The van der Waals surface area contributed by atoms with E-state index < -0.39 is 29.9 Å². The predicted octanol–water partition coefficient (Wildman–Crippen LogP) is 0.558. The summed E-state index contributed by atoms with van der Waals surface area (Å²) in [5.74, 6) is -1.69. The number of benzene rings is 1. The third kappa shape index (κ3) is 6.78. The lowest BCUT2D eigenvalue weighted by atomic mass is 10.1. The fourth-order valence-electron chi connectivity index (χ4n) is 2.07. The Morgan fingerprint density at radius 3 is 2.21 bits per heavy atom. The molecule has 0 aromatic heterocycles. The van der Waals surface area contributed by atoms with Crippen LogP contribution in [0.3, 0.4) is 0 Å². The van der Waals surface area contributed by atoms with Crippen LogP contribution in [0.15, 0.2) is 30.3 Å². The minimum Gasteiger partial charge on any atom is -0.465 e. The standard InChI is InChI=1S/C17H24N2O5/c1-3-23-16(21)13(18)11-15(20)19-14(17(22)24-4-2)10-12-8-6-5-7-9-12/h5-9,13-14H,3-4,10-11,18H2,1-2H3,(H,19,20). The van der Waals surface area contributed by atoms with Crippen molar-refractivity contribution in [2.45, 2.75) is 38.8 Å². The number of ether oxygens (including phenoxy) is 2. The zero-order chi connectivity index (χ0) is 17.9. The number of esters is 2. The van der Waals surface area contributed by atoms with E-state index in [-0.39, 0.29) is 19.6 Å². The Morgan fingerprint density at radius 1 is 1.04 bits per heavy atom. The van der Waals surface area contributed by atoms with Crippen molar-refractivity contribution >= 4 is 17.8 Å². The van der Waals surface area contributed by atoms with Gasteiger partial charge in [-0.25, -0.2) is 4.79 Å². The van der Waals surface area contributed by atoms with Gasteiger partial charge in [0.25, 0.3) is 0 Å². The highest BCUT2D eigenvalue weighted by Crippen LogP contribution is 2.06. The van der Waals surface area contributed by atoms with Crippen LogP contribution < -0.4 is 11.1 Å². The van der Waals surface area contributed by atoms with E-state index in [1.165, 1.54) is 0 Å². The maximum absolute atomic E-state index is 12.1. The second kappa shape index (κ2) is 10.4. The third-order valence-corrected chi connectivity index (χ3v) is 3.18. The van der Waals surface area contributed by atoms with Gasteiger partial charge in [-0.1, -0.05) is 30.3 Å². The summed E-state index contributed by atoms with van der Waals surface area (Å²) in [5, 5.41) is 2.58. The van der Waals surface area contributed by atoms with Crippen molar-refractivity contribution < 1.29 is 23.9 Å². The lowest BCUT2D eigenvalue weighted by molar-refractivity contribution is -0.148. The molecule has 132 valence electrons. The second-order valence-electron chi connectivity index (χ2n) is 5.12. The number of hydrogen-bond acceptors (Lipinski definition) is 6. The van der Waals surface area contributed by atoms with Gasteiger partial charge in [0, 0.05) is 6.42 Å². The van der Waals surface area contributed by atoms with Gasteiger partial charge in [-0.3, -0.25) is 9.59 Å². The fraction of sp³-hybridized carbons (Fsp3) is 0.471. The minimum atomic E-state index is -1.07. The molecule has 2 unspecified atom stereocenters. The lowest BCUT2D eigenvalue weighted by Crippen LogP contribution is -2.46. The largest absolute Gasteiger partial charge is 0.465 e. The summed E-state index contributed by atoms with van der Waals surface area (Å²) in [5.41, 5.74) is 6.50. The molecule has 0 saturated heterocycles. The van der Waals surface area contributed by atoms with E-state index in [0.717, 1.165) is 5.56 Å². The molecule has 7 heteroatoms. The number of carbonyl (C=O) groups excluding carboxylic acids is 3. The first-order valence-corrected chi connectivity index (χ1v) is 7.90. The number of hydrogen-bond donors (Lipinski definition) is 2. The van der Waals surface area contributed by atoms with E-state index >= 15 is 0 Å². The van der Waals surface area contributed by atoms with Crippen LogP contribution in [0, 0.1) is 0 Å². The van der Waals surface area contributed by atoms with Crippen molar-refractivity contribution in [3.05, 3.63) is 35.9 Å². The number of nitrogens with two attached hydrogens (primary N) is 1.